The maximum absolute atomic E-state index is 11.3. The van der Waals surface area contributed by atoms with E-state index in [0.29, 0.717) is 11.5 Å². The lowest BCUT2D eigenvalue weighted by Crippen LogP contribution is -2.31. The van der Waals surface area contributed by atoms with Crippen LogP contribution in [0.2, 0.25) is 0 Å². The molecule has 1 amide bonds. The first-order chi connectivity index (χ1) is 9.88. The molecule has 0 radical (unpaired) electrons. The molecule has 1 aliphatic rings. The van der Waals surface area contributed by atoms with Crippen LogP contribution in [0.25, 0.3) is 0 Å². The highest BCUT2D eigenvalue weighted by Crippen LogP contribution is 2.38. The van der Waals surface area contributed by atoms with Gasteiger partial charge in [0.15, 0.2) is 0 Å². The number of likely N-dealkylation sites (N-methyl/N-ethyl adjacent to an activating group) is 1. The van der Waals surface area contributed by atoms with Crippen molar-refractivity contribution in [3.63, 3.8) is 0 Å². The molecule has 0 unspecified atom stereocenters. The molecule has 1 heterocycles. The first-order valence-electron chi connectivity index (χ1n) is 7.88. The minimum absolute atomic E-state index is 0.0321. The summed E-state index contributed by atoms with van der Waals surface area (Å²) < 4.78 is 1.67. The molecule has 0 saturated heterocycles. The lowest BCUT2D eigenvalue weighted by atomic mass is 9.71. The van der Waals surface area contributed by atoms with Crippen molar-refractivity contribution in [2.75, 3.05) is 12.4 Å². The van der Waals surface area contributed by atoms with E-state index in [4.69, 9.17) is 0 Å². The van der Waals surface area contributed by atoms with Gasteiger partial charge < -0.3 is 10.6 Å². The van der Waals surface area contributed by atoms with Crippen LogP contribution in [-0.2, 0) is 11.3 Å². The van der Waals surface area contributed by atoms with Crippen molar-refractivity contribution in [3.8, 4) is 0 Å². The molecular formula is C16H28N4O. The quantitative estimate of drug-likeness (QED) is 0.897. The van der Waals surface area contributed by atoms with Gasteiger partial charge in [-0.15, -0.1) is 0 Å². The van der Waals surface area contributed by atoms with Crippen LogP contribution in [0.5, 0.6) is 0 Å². The Balaban J connectivity index is 1.82. The summed E-state index contributed by atoms with van der Waals surface area (Å²) in [6.07, 6.45) is 8.70. The van der Waals surface area contributed by atoms with Crippen LogP contribution in [0.4, 0.5) is 5.69 Å². The monoisotopic (exact) mass is 292 g/mol. The highest BCUT2D eigenvalue weighted by molar-refractivity contribution is 5.75. The van der Waals surface area contributed by atoms with E-state index in [9.17, 15) is 4.79 Å². The number of anilines is 1. The summed E-state index contributed by atoms with van der Waals surface area (Å²) in [4.78, 5) is 11.3. The summed E-state index contributed by atoms with van der Waals surface area (Å²) in [5, 5.41) is 10.4. The number of rotatable bonds is 4. The Labute approximate surface area is 127 Å². The minimum Gasteiger partial charge on any atom is -0.380 e. The molecule has 0 aliphatic heterocycles. The van der Waals surface area contributed by atoms with E-state index in [1.807, 2.05) is 6.20 Å². The first kappa shape index (κ1) is 15.9. The zero-order valence-corrected chi connectivity index (χ0v) is 13.6. The molecule has 0 atom stereocenters. The third-order valence-corrected chi connectivity index (χ3v) is 4.54. The predicted molar refractivity (Wildman–Crippen MR) is 85.1 cm³/mol. The molecule has 1 aromatic heterocycles. The van der Waals surface area contributed by atoms with Crippen molar-refractivity contribution in [1.29, 1.82) is 0 Å². The maximum Gasteiger partial charge on any atom is 0.241 e. The Kier molecular flexibility index (Phi) is 4.91. The molecule has 118 valence electrons. The molecule has 1 aromatic rings. The molecule has 0 spiro atoms. The summed E-state index contributed by atoms with van der Waals surface area (Å²) in [6.45, 7) is 7.30. The number of nitrogens with zero attached hydrogens (tertiary/aromatic N) is 2. The standard InChI is InChI=1S/C16H28N4O/c1-16(2,3)12-5-7-13(8-6-12)19-14-9-18-20(10-14)11-15(21)17-4/h9-10,12-13,19H,5-8,11H2,1-4H3,(H,17,21). The predicted octanol–water partition coefficient (Wildman–Crippen LogP) is 2.65. The van der Waals surface area contributed by atoms with Crippen LogP contribution in [-0.4, -0.2) is 28.8 Å². The van der Waals surface area contributed by atoms with Crippen LogP contribution in [0.3, 0.4) is 0 Å². The van der Waals surface area contributed by atoms with E-state index in [-0.39, 0.29) is 12.5 Å². The second-order valence-electron chi connectivity index (χ2n) is 7.16. The Hall–Kier alpha value is -1.52. The Bertz CT molecular complexity index is 467. The largest absolute Gasteiger partial charge is 0.380 e. The fourth-order valence-electron chi connectivity index (χ4n) is 3.09. The van der Waals surface area contributed by atoms with Gasteiger partial charge in [0, 0.05) is 19.3 Å². The SMILES string of the molecule is CNC(=O)Cn1cc(NC2CCC(C(C)(C)C)CC2)cn1. The molecule has 1 fully saturated rings. The lowest BCUT2D eigenvalue weighted by Gasteiger charge is -2.37. The molecule has 2 rings (SSSR count). The fourth-order valence-corrected chi connectivity index (χ4v) is 3.09. The molecule has 5 heteroatoms. The first-order valence-corrected chi connectivity index (χ1v) is 7.88. The number of carbonyl (C=O) groups excluding carboxylic acids is 1. The van der Waals surface area contributed by atoms with E-state index in [1.54, 1.807) is 17.9 Å². The van der Waals surface area contributed by atoms with Gasteiger partial charge >= 0.3 is 0 Å². The number of amides is 1. The summed E-state index contributed by atoms with van der Waals surface area (Å²) >= 11 is 0. The second-order valence-corrected chi connectivity index (χ2v) is 7.16. The normalized spacial score (nSPS) is 22.9. The fraction of sp³-hybridized carbons (Fsp3) is 0.750. The van der Waals surface area contributed by atoms with E-state index < -0.39 is 0 Å². The molecule has 1 saturated carbocycles. The van der Waals surface area contributed by atoms with Crippen LogP contribution in [0.1, 0.15) is 46.5 Å². The van der Waals surface area contributed by atoms with Crippen molar-refractivity contribution in [3.05, 3.63) is 12.4 Å². The molecule has 21 heavy (non-hydrogen) atoms. The molecule has 2 N–H and O–H groups in total. The topological polar surface area (TPSA) is 59.0 Å². The van der Waals surface area contributed by atoms with E-state index >= 15 is 0 Å². The number of hydrogen-bond acceptors (Lipinski definition) is 3. The maximum atomic E-state index is 11.3. The zero-order valence-electron chi connectivity index (χ0n) is 13.6. The molecule has 0 aromatic carbocycles. The van der Waals surface area contributed by atoms with Crippen LogP contribution >= 0.6 is 0 Å². The van der Waals surface area contributed by atoms with Crippen molar-refractivity contribution in [2.24, 2.45) is 11.3 Å². The highest BCUT2D eigenvalue weighted by Gasteiger charge is 2.29. The molecule has 5 nitrogen and oxygen atoms in total. The third-order valence-electron chi connectivity index (χ3n) is 4.54. The van der Waals surface area contributed by atoms with Gasteiger partial charge in [0.05, 0.1) is 11.9 Å². The number of carbonyl (C=O) groups is 1. The van der Waals surface area contributed by atoms with Gasteiger partial charge in [0.1, 0.15) is 6.54 Å². The summed E-state index contributed by atoms with van der Waals surface area (Å²) in [5.74, 6) is 0.793. The summed E-state index contributed by atoms with van der Waals surface area (Å²) in [7, 11) is 1.64. The molecular weight excluding hydrogens is 264 g/mol. The lowest BCUT2D eigenvalue weighted by molar-refractivity contribution is -0.121. The van der Waals surface area contributed by atoms with E-state index in [1.165, 1.54) is 25.7 Å². The van der Waals surface area contributed by atoms with Crippen LogP contribution in [0, 0.1) is 11.3 Å². The minimum atomic E-state index is -0.0321. The van der Waals surface area contributed by atoms with Gasteiger partial charge in [-0.1, -0.05) is 20.8 Å². The Morgan fingerprint density at radius 2 is 2.00 bits per heavy atom. The van der Waals surface area contributed by atoms with E-state index in [0.717, 1.165) is 11.6 Å². The zero-order chi connectivity index (χ0) is 15.5. The van der Waals surface area contributed by atoms with Gasteiger partial charge in [0.25, 0.3) is 0 Å². The Morgan fingerprint density at radius 3 is 2.57 bits per heavy atom. The van der Waals surface area contributed by atoms with Gasteiger partial charge in [-0.3, -0.25) is 9.48 Å². The second kappa shape index (κ2) is 6.50. The van der Waals surface area contributed by atoms with Crippen LogP contribution in [0.15, 0.2) is 12.4 Å². The average molecular weight is 292 g/mol. The van der Waals surface area contributed by atoms with Gasteiger partial charge in [-0.2, -0.15) is 5.10 Å². The molecule has 1 aliphatic carbocycles. The van der Waals surface area contributed by atoms with Crippen molar-refractivity contribution < 1.29 is 4.79 Å². The third kappa shape index (κ3) is 4.48. The van der Waals surface area contributed by atoms with Gasteiger partial charge in [-0.25, -0.2) is 0 Å². The Morgan fingerprint density at radius 1 is 1.33 bits per heavy atom. The average Bonchev–Trinajstić information content (AvgIpc) is 2.85. The van der Waals surface area contributed by atoms with Crippen molar-refractivity contribution >= 4 is 11.6 Å². The number of hydrogen-bond donors (Lipinski definition) is 2. The number of nitrogens with one attached hydrogen (secondary N) is 2. The van der Waals surface area contributed by atoms with Gasteiger partial charge in [0.2, 0.25) is 5.91 Å². The van der Waals surface area contributed by atoms with E-state index in [2.05, 4.69) is 36.5 Å². The number of aromatic nitrogens is 2. The van der Waals surface area contributed by atoms with Crippen LogP contribution < -0.4 is 10.6 Å². The van der Waals surface area contributed by atoms with Crippen molar-refractivity contribution in [1.82, 2.24) is 15.1 Å². The molecule has 0 bridgehead atoms. The van der Waals surface area contributed by atoms with Gasteiger partial charge in [-0.05, 0) is 37.0 Å². The summed E-state index contributed by atoms with van der Waals surface area (Å²) in [6, 6.07) is 0.529. The smallest absolute Gasteiger partial charge is 0.241 e. The summed E-state index contributed by atoms with van der Waals surface area (Å²) in [5.41, 5.74) is 1.43. The van der Waals surface area contributed by atoms with Crippen molar-refractivity contribution in [2.45, 2.75) is 59.0 Å². The highest BCUT2D eigenvalue weighted by atomic mass is 16.1.